The first-order valence-corrected chi connectivity index (χ1v) is 23.9. The third kappa shape index (κ3) is 8.45. The monoisotopic (exact) mass is 956 g/mol. The molecule has 0 fully saturated rings. The zero-order valence-electron chi connectivity index (χ0n) is 39.8. The fourth-order valence-corrected chi connectivity index (χ4v) is 9.58. The summed E-state index contributed by atoms with van der Waals surface area (Å²) in [5.74, 6) is 1.85. The Morgan fingerprint density at radius 3 is 1.35 bits per heavy atom. The van der Waals surface area contributed by atoms with E-state index >= 15 is 0 Å². The Kier molecular flexibility index (Phi) is 11.5. The van der Waals surface area contributed by atoms with Crippen molar-refractivity contribution < 1.29 is 0 Å². The average molecular weight is 957 g/mol. The molecule has 10 heteroatoms. The number of nitriles is 3. The van der Waals surface area contributed by atoms with Crippen LogP contribution in [0, 0.1) is 40.6 Å². The van der Waals surface area contributed by atoms with E-state index in [1.54, 1.807) is 24.3 Å². The maximum atomic E-state index is 10.4. The molecule has 0 aliphatic carbocycles. The number of rotatable bonds is 9. The molecule has 12 rings (SSSR count). The van der Waals surface area contributed by atoms with E-state index in [-0.39, 0.29) is 0 Å². The standard InChI is InChI=1S/C65H36N10/c1-69-58-33-42(39-67)23-28-52(58)48-25-30-54-53-29-24-47(51-27-22-41(38-66)32-50(51)40-68)35-60(53)75(61(54)36-48)59-31-26-49(64-70-56(43-14-6-2-7-15-43)37-57(71-64)44-16-8-3-9-17-44)34-55(59)65-73-62(45-18-10-4-11-19-45)72-63(74-65)46-20-12-5-13-21-46/h2-37H. The van der Waals surface area contributed by atoms with Crippen LogP contribution in [-0.2, 0) is 0 Å². The van der Waals surface area contributed by atoms with E-state index in [1.807, 2.05) is 170 Å². The highest BCUT2D eigenvalue weighted by Crippen LogP contribution is 2.43. The predicted octanol–water partition coefficient (Wildman–Crippen LogP) is 15.3. The molecule has 0 unspecified atom stereocenters. The molecular formula is C65H36N10. The van der Waals surface area contributed by atoms with Crippen LogP contribution in [0.5, 0.6) is 0 Å². The molecule has 0 atom stereocenters. The van der Waals surface area contributed by atoms with Gasteiger partial charge in [0.25, 0.3) is 0 Å². The highest BCUT2D eigenvalue weighted by Gasteiger charge is 2.23. The van der Waals surface area contributed by atoms with E-state index in [1.165, 1.54) is 0 Å². The lowest BCUT2D eigenvalue weighted by molar-refractivity contribution is 1.06. The van der Waals surface area contributed by atoms with Crippen molar-refractivity contribution >= 4 is 27.5 Å². The summed E-state index contributed by atoms with van der Waals surface area (Å²) < 4.78 is 2.18. The van der Waals surface area contributed by atoms with Crippen LogP contribution < -0.4 is 0 Å². The predicted molar refractivity (Wildman–Crippen MR) is 294 cm³/mol. The topological polar surface area (TPSA) is 145 Å². The second-order valence-corrected chi connectivity index (χ2v) is 17.7. The number of hydrogen-bond donors (Lipinski definition) is 0. The van der Waals surface area contributed by atoms with Gasteiger partial charge in [-0.05, 0) is 82.9 Å². The lowest BCUT2D eigenvalue weighted by Gasteiger charge is -2.17. The smallest absolute Gasteiger partial charge is 0.196 e. The van der Waals surface area contributed by atoms with Gasteiger partial charge in [-0.25, -0.2) is 29.8 Å². The van der Waals surface area contributed by atoms with Gasteiger partial charge in [0.1, 0.15) is 0 Å². The minimum Gasteiger partial charge on any atom is -0.308 e. The van der Waals surface area contributed by atoms with Gasteiger partial charge in [-0.3, -0.25) is 0 Å². The van der Waals surface area contributed by atoms with Crippen molar-refractivity contribution in [1.29, 1.82) is 15.8 Å². The molecule has 0 saturated carbocycles. The van der Waals surface area contributed by atoms with Crippen LogP contribution in [-0.4, -0.2) is 29.5 Å². The molecule has 3 aromatic heterocycles. The van der Waals surface area contributed by atoms with Crippen LogP contribution in [0.25, 0.3) is 123 Å². The van der Waals surface area contributed by atoms with Gasteiger partial charge >= 0.3 is 0 Å². The Bertz CT molecular complexity index is 4140. The number of fused-ring (bicyclic) bond motifs is 3. The van der Waals surface area contributed by atoms with Gasteiger partial charge in [0.2, 0.25) is 0 Å². The Morgan fingerprint density at radius 2 is 0.827 bits per heavy atom. The van der Waals surface area contributed by atoms with E-state index in [0.29, 0.717) is 73.6 Å². The fourth-order valence-electron chi connectivity index (χ4n) is 9.58. The van der Waals surface area contributed by atoms with Crippen molar-refractivity contribution in [3.05, 3.63) is 246 Å². The van der Waals surface area contributed by atoms with Crippen LogP contribution in [0.2, 0.25) is 0 Å². The fraction of sp³-hybridized carbons (Fsp3) is 0. The first kappa shape index (κ1) is 45.0. The molecular weight excluding hydrogens is 921 g/mol. The minimum absolute atomic E-state index is 0.355. The van der Waals surface area contributed by atoms with Crippen molar-refractivity contribution in [3.8, 4) is 114 Å². The normalized spacial score (nSPS) is 10.9. The van der Waals surface area contributed by atoms with Crippen molar-refractivity contribution in [2.75, 3.05) is 0 Å². The summed E-state index contributed by atoms with van der Waals surface area (Å²) in [6.45, 7) is 8.14. The van der Waals surface area contributed by atoms with Gasteiger partial charge < -0.3 is 4.57 Å². The van der Waals surface area contributed by atoms with Crippen LogP contribution in [0.1, 0.15) is 16.7 Å². The molecule has 0 N–H and O–H groups in total. The van der Waals surface area contributed by atoms with E-state index in [9.17, 15) is 15.8 Å². The van der Waals surface area contributed by atoms with Crippen LogP contribution in [0.4, 0.5) is 5.69 Å². The quantitative estimate of drug-likeness (QED) is 0.130. The molecule has 0 aliphatic rings. The molecule has 3 heterocycles. The van der Waals surface area contributed by atoms with Crippen molar-refractivity contribution in [1.82, 2.24) is 29.5 Å². The summed E-state index contributed by atoms with van der Waals surface area (Å²) in [5, 5.41) is 31.8. The highest BCUT2D eigenvalue weighted by atomic mass is 15.1. The van der Waals surface area contributed by atoms with Gasteiger partial charge in [0.15, 0.2) is 29.0 Å². The third-order valence-corrected chi connectivity index (χ3v) is 13.2. The summed E-state index contributed by atoms with van der Waals surface area (Å²) in [5.41, 5.74) is 13.1. The van der Waals surface area contributed by atoms with E-state index in [0.717, 1.165) is 66.6 Å². The summed E-state index contributed by atoms with van der Waals surface area (Å²) in [4.78, 5) is 30.0. The summed E-state index contributed by atoms with van der Waals surface area (Å²) in [7, 11) is 0. The molecule has 0 aliphatic heterocycles. The Hall–Kier alpha value is -11.2. The maximum absolute atomic E-state index is 10.4. The number of aromatic nitrogens is 6. The van der Waals surface area contributed by atoms with Crippen LogP contribution >= 0.6 is 0 Å². The molecule has 9 aromatic carbocycles. The molecule has 12 aromatic rings. The van der Waals surface area contributed by atoms with Crippen LogP contribution in [0.3, 0.4) is 0 Å². The molecule has 346 valence electrons. The lowest BCUT2D eigenvalue weighted by Crippen LogP contribution is -2.05. The second-order valence-electron chi connectivity index (χ2n) is 17.7. The zero-order chi connectivity index (χ0) is 50.8. The molecule has 10 nitrogen and oxygen atoms in total. The highest BCUT2D eigenvalue weighted by molar-refractivity contribution is 6.12. The average Bonchev–Trinajstić information content (AvgIpc) is 3.87. The molecule has 0 spiro atoms. The largest absolute Gasteiger partial charge is 0.308 e. The summed E-state index contributed by atoms with van der Waals surface area (Å²) >= 11 is 0. The Labute approximate surface area is 431 Å². The lowest BCUT2D eigenvalue weighted by atomic mass is 9.97. The van der Waals surface area contributed by atoms with Crippen LogP contribution in [0.15, 0.2) is 218 Å². The van der Waals surface area contributed by atoms with Crippen molar-refractivity contribution in [3.63, 3.8) is 0 Å². The van der Waals surface area contributed by atoms with Crippen molar-refractivity contribution in [2.45, 2.75) is 0 Å². The Balaban J connectivity index is 1.19. The molecule has 0 bridgehead atoms. The number of nitrogens with zero attached hydrogens (tertiary/aromatic N) is 10. The van der Waals surface area contributed by atoms with E-state index in [4.69, 9.17) is 31.5 Å². The van der Waals surface area contributed by atoms with Gasteiger partial charge in [0, 0.05) is 49.7 Å². The van der Waals surface area contributed by atoms with Gasteiger partial charge in [0.05, 0.1) is 64.0 Å². The Morgan fingerprint density at radius 1 is 0.360 bits per heavy atom. The van der Waals surface area contributed by atoms with Gasteiger partial charge in [-0.1, -0.05) is 158 Å². The second kappa shape index (κ2) is 19.2. The minimum atomic E-state index is 0.355. The number of benzene rings is 9. The molecule has 0 radical (unpaired) electrons. The number of hydrogen-bond acceptors (Lipinski definition) is 8. The zero-order valence-corrected chi connectivity index (χ0v) is 39.8. The molecule has 0 amide bonds. The van der Waals surface area contributed by atoms with E-state index in [2.05, 4.69) is 51.9 Å². The van der Waals surface area contributed by atoms with Crippen molar-refractivity contribution in [2.24, 2.45) is 0 Å². The first-order valence-electron chi connectivity index (χ1n) is 23.9. The third-order valence-electron chi connectivity index (χ3n) is 13.2. The van der Waals surface area contributed by atoms with Gasteiger partial charge in [-0.2, -0.15) is 15.8 Å². The maximum Gasteiger partial charge on any atom is 0.196 e. The van der Waals surface area contributed by atoms with E-state index < -0.39 is 0 Å². The SMILES string of the molecule is [C-]#[N+]c1cc(C#N)ccc1-c1ccc2c3ccc(-c4ccc(C#N)cc4C#N)cc3n(-c3ccc(-c4nc(-c5ccccc5)cc(-c5ccccc5)n4)cc3-c3nc(-c4ccccc4)nc(-c4ccccc4)n3)c2c1. The molecule has 75 heavy (non-hydrogen) atoms. The summed E-state index contributed by atoms with van der Waals surface area (Å²) in [6, 6.07) is 77.1. The molecule has 0 saturated heterocycles. The summed E-state index contributed by atoms with van der Waals surface area (Å²) in [6.07, 6.45) is 0. The first-order chi connectivity index (χ1) is 37.0. The van der Waals surface area contributed by atoms with Gasteiger partial charge in [-0.15, -0.1) is 0 Å².